The van der Waals surface area contributed by atoms with Crippen LogP contribution in [-0.4, -0.2) is 14.6 Å². The van der Waals surface area contributed by atoms with Crippen LogP contribution >= 0.6 is 0 Å². The summed E-state index contributed by atoms with van der Waals surface area (Å²) >= 11 is 0. The highest BCUT2D eigenvalue weighted by atomic mass is 14.7. The summed E-state index contributed by atoms with van der Waals surface area (Å²) in [4.78, 5) is 0. The van der Waals surface area contributed by atoms with E-state index in [1.165, 1.54) is 35.1 Å². The van der Waals surface area contributed by atoms with Crippen LogP contribution in [0.3, 0.4) is 0 Å². The van der Waals surface area contributed by atoms with Crippen LogP contribution in [0.2, 0.25) is 12.6 Å². The fourth-order valence-corrected chi connectivity index (χ4v) is 5.72. The average Bonchev–Trinajstić information content (AvgIpc) is 2.94. The highest BCUT2D eigenvalue weighted by Gasteiger charge is 2.31. The van der Waals surface area contributed by atoms with Crippen LogP contribution in [0.5, 0.6) is 0 Å². The Morgan fingerprint density at radius 1 is 0.450 bits per heavy atom. The lowest BCUT2D eigenvalue weighted by Gasteiger charge is -2.31. The van der Waals surface area contributed by atoms with E-state index in [0.29, 0.717) is 0 Å². The minimum Gasteiger partial charge on any atom is -0.325 e. The first-order valence-electron chi connectivity index (χ1n) is 14.8. The van der Waals surface area contributed by atoms with E-state index in [4.69, 9.17) is 11.5 Å². The van der Waals surface area contributed by atoms with E-state index in [1.807, 2.05) is 0 Å². The molecule has 0 saturated heterocycles. The molecule has 40 heavy (non-hydrogen) atoms. The summed E-state index contributed by atoms with van der Waals surface area (Å²) in [6.07, 6.45) is 6.56. The third-order valence-corrected chi connectivity index (χ3v) is 8.07. The highest BCUT2D eigenvalue weighted by molar-refractivity contribution is 6.41. The van der Waals surface area contributed by atoms with Gasteiger partial charge in [-0.15, -0.1) is 0 Å². The molecule has 4 aromatic rings. The average molecular weight is 526 g/mol. The maximum atomic E-state index is 7.15. The molecule has 0 fully saturated rings. The van der Waals surface area contributed by atoms with Crippen molar-refractivity contribution in [2.75, 3.05) is 0 Å². The van der Waals surface area contributed by atoms with Crippen molar-refractivity contribution >= 4 is 14.6 Å². The van der Waals surface area contributed by atoms with E-state index in [-0.39, 0.29) is 0 Å². The minimum atomic E-state index is -0.591. The van der Waals surface area contributed by atoms with Crippen molar-refractivity contribution in [3.8, 4) is 0 Å². The molecule has 0 saturated carbocycles. The summed E-state index contributed by atoms with van der Waals surface area (Å²) in [7, 11) is 4.64. The maximum Gasteiger partial charge on any atom is 0.149 e. The van der Waals surface area contributed by atoms with Crippen molar-refractivity contribution in [2.24, 2.45) is 11.5 Å². The van der Waals surface area contributed by atoms with Gasteiger partial charge in [0, 0.05) is 10.9 Å². The van der Waals surface area contributed by atoms with Gasteiger partial charge in [0.25, 0.3) is 0 Å². The zero-order valence-electron chi connectivity index (χ0n) is 24.8. The van der Waals surface area contributed by atoms with Crippen LogP contribution in [0.25, 0.3) is 0 Å². The van der Waals surface area contributed by atoms with E-state index in [2.05, 4.69) is 139 Å². The maximum absolute atomic E-state index is 7.15. The lowest BCUT2D eigenvalue weighted by molar-refractivity contribution is 0.676. The zero-order chi connectivity index (χ0) is 28.6. The Hall–Kier alpha value is -3.07. The van der Waals surface area contributed by atoms with Gasteiger partial charge in [-0.25, -0.2) is 0 Å². The van der Waals surface area contributed by atoms with E-state index in [1.54, 1.807) is 0 Å². The number of rotatable bonds is 13. The molecular formula is C36H44B2N2. The third kappa shape index (κ3) is 7.36. The van der Waals surface area contributed by atoms with Gasteiger partial charge in [-0.2, -0.15) is 0 Å². The van der Waals surface area contributed by atoms with Crippen LogP contribution in [0.15, 0.2) is 97.1 Å². The summed E-state index contributed by atoms with van der Waals surface area (Å²) in [5, 5.41) is 0. The molecule has 0 aliphatic heterocycles. The molecule has 0 aliphatic carbocycles. The number of hydrogen-bond donors (Lipinski definition) is 2. The van der Waals surface area contributed by atoms with Crippen LogP contribution in [0, 0.1) is 27.7 Å². The van der Waals surface area contributed by atoms with Gasteiger partial charge in [-0.05, 0) is 49.9 Å². The first-order valence-corrected chi connectivity index (χ1v) is 14.8. The Morgan fingerprint density at radius 2 is 0.725 bits per heavy atom. The van der Waals surface area contributed by atoms with Gasteiger partial charge in [0.1, 0.15) is 14.6 Å². The summed E-state index contributed by atoms with van der Waals surface area (Å²) in [5.41, 5.74) is 22.7. The van der Waals surface area contributed by atoms with Crippen LogP contribution in [0.4, 0.5) is 0 Å². The predicted molar refractivity (Wildman–Crippen MR) is 174 cm³/mol. The molecule has 2 nitrogen and oxygen atoms in total. The monoisotopic (exact) mass is 526 g/mol. The number of unbranched alkanes of at least 4 members (excludes halogenated alkanes) is 3. The molecule has 0 aromatic heterocycles. The van der Waals surface area contributed by atoms with Crippen molar-refractivity contribution in [3.05, 3.63) is 142 Å². The number of aryl methyl sites for hydroxylation is 4. The molecule has 0 unspecified atom stereocenters. The second-order valence-electron chi connectivity index (χ2n) is 11.6. The Morgan fingerprint density at radius 3 is 0.975 bits per heavy atom. The lowest BCUT2D eigenvalue weighted by Crippen LogP contribution is -2.44. The second-order valence-corrected chi connectivity index (χ2v) is 11.6. The molecular weight excluding hydrogens is 482 g/mol. The van der Waals surface area contributed by atoms with Crippen LogP contribution in [0.1, 0.15) is 70.2 Å². The fraction of sp³-hybridized carbons (Fsp3) is 0.333. The number of hydrogen-bond acceptors (Lipinski definition) is 2. The Labute approximate surface area is 244 Å². The van der Waals surface area contributed by atoms with Crippen molar-refractivity contribution in [1.82, 2.24) is 0 Å². The minimum absolute atomic E-state index is 0.591. The summed E-state index contributed by atoms with van der Waals surface area (Å²) < 4.78 is 0. The molecule has 204 valence electrons. The molecule has 0 heterocycles. The standard InChI is InChI=1S/C36H44B2N2/c1-27-13-9-17-31(23-27)35(39,32-18-10-14-28(2)24-32)37-21-7-5-6-8-22-38-36(40,33-19-11-15-29(3)25-33)34-20-12-16-30(4)26-34/h9-20,23-26H,5-8,21-22,39-40H2,1-4H3. The number of benzene rings is 4. The van der Waals surface area contributed by atoms with Gasteiger partial charge in [-0.1, -0.05) is 158 Å². The molecule has 4 aromatic carbocycles. The molecule has 4 heteroatoms. The van der Waals surface area contributed by atoms with Gasteiger partial charge in [0.05, 0.1) is 0 Å². The smallest absolute Gasteiger partial charge is 0.149 e. The first-order chi connectivity index (χ1) is 19.2. The lowest BCUT2D eigenvalue weighted by atomic mass is 9.50. The quantitative estimate of drug-likeness (QED) is 0.138. The number of nitrogens with two attached hydrogens (primary N) is 2. The summed E-state index contributed by atoms with van der Waals surface area (Å²) in [6.45, 7) is 8.52. The Kier molecular flexibility index (Phi) is 10.1. The Balaban J connectivity index is 1.33. The molecule has 2 radical (unpaired) electrons. The van der Waals surface area contributed by atoms with Crippen molar-refractivity contribution in [3.63, 3.8) is 0 Å². The largest absolute Gasteiger partial charge is 0.325 e. The van der Waals surface area contributed by atoms with Gasteiger partial charge in [-0.3, -0.25) is 0 Å². The normalized spacial score (nSPS) is 11.8. The van der Waals surface area contributed by atoms with Crippen LogP contribution in [-0.2, 0) is 10.9 Å². The Bertz CT molecular complexity index is 1200. The SMILES string of the molecule is Cc1cccc(C(N)([B]CCCCCC[B]C(N)(c2cccc(C)c2)c2cccc(C)c2)c2cccc(C)c2)c1. The third-order valence-electron chi connectivity index (χ3n) is 8.07. The molecule has 0 amide bonds. The van der Waals surface area contributed by atoms with E-state index in [0.717, 1.165) is 47.7 Å². The van der Waals surface area contributed by atoms with Gasteiger partial charge >= 0.3 is 0 Å². The van der Waals surface area contributed by atoms with E-state index in [9.17, 15) is 0 Å². The topological polar surface area (TPSA) is 52.0 Å². The van der Waals surface area contributed by atoms with Crippen molar-refractivity contribution in [1.29, 1.82) is 0 Å². The first kappa shape index (κ1) is 29.9. The van der Waals surface area contributed by atoms with Gasteiger partial charge < -0.3 is 11.5 Å². The second kappa shape index (κ2) is 13.5. The van der Waals surface area contributed by atoms with Crippen LogP contribution < -0.4 is 11.5 Å². The summed E-state index contributed by atoms with van der Waals surface area (Å²) in [5.74, 6) is 0. The predicted octanol–water partition coefficient (Wildman–Crippen LogP) is 7.75. The molecule has 0 spiro atoms. The molecule has 0 aliphatic rings. The van der Waals surface area contributed by atoms with Crippen molar-refractivity contribution < 1.29 is 0 Å². The summed E-state index contributed by atoms with van der Waals surface area (Å²) in [6, 6.07) is 34.5. The molecule has 0 atom stereocenters. The van der Waals surface area contributed by atoms with E-state index < -0.39 is 10.9 Å². The highest BCUT2D eigenvalue weighted by Crippen LogP contribution is 2.31. The van der Waals surface area contributed by atoms with Gasteiger partial charge in [0.15, 0.2) is 0 Å². The van der Waals surface area contributed by atoms with Crippen molar-refractivity contribution in [2.45, 2.75) is 76.9 Å². The zero-order valence-corrected chi connectivity index (χ0v) is 24.8. The van der Waals surface area contributed by atoms with Gasteiger partial charge in [0.2, 0.25) is 0 Å². The molecule has 0 bridgehead atoms. The van der Waals surface area contributed by atoms with E-state index >= 15 is 0 Å². The fourth-order valence-electron chi connectivity index (χ4n) is 5.72. The molecule has 4 N–H and O–H groups in total. The molecule has 4 rings (SSSR count).